The maximum Gasteiger partial charge on any atom is 0.256 e. The molecule has 2 aromatic carbocycles. The molecular weight excluding hydrogens is 262 g/mol. The Morgan fingerprint density at radius 1 is 1.25 bits per heavy atom. The van der Waals surface area contributed by atoms with Crippen molar-refractivity contribution in [3.63, 3.8) is 0 Å². The molecule has 0 heterocycles. The maximum atomic E-state index is 13.4. The lowest BCUT2D eigenvalue weighted by molar-refractivity contribution is 0.102. The number of nitriles is 1. The van der Waals surface area contributed by atoms with Crippen LogP contribution in [0.2, 0.25) is 0 Å². The monoisotopic (exact) mass is 272 g/mol. The first-order valence-electron chi connectivity index (χ1n) is 5.79. The van der Waals surface area contributed by atoms with Crippen LogP contribution in [0.4, 0.5) is 14.5 Å². The Morgan fingerprint density at radius 3 is 2.70 bits per heavy atom. The minimum Gasteiger partial charge on any atom is -0.321 e. The van der Waals surface area contributed by atoms with Crippen LogP contribution in [0.3, 0.4) is 0 Å². The van der Waals surface area contributed by atoms with Gasteiger partial charge in [-0.25, -0.2) is 8.78 Å². The summed E-state index contributed by atoms with van der Waals surface area (Å²) in [6.07, 6.45) is 0. The van der Waals surface area contributed by atoms with Crippen molar-refractivity contribution in [1.82, 2.24) is 0 Å². The molecule has 0 aromatic heterocycles. The molecule has 0 aliphatic carbocycles. The molecule has 0 atom stereocenters. The summed E-state index contributed by atoms with van der Waals surface area (Å²) in [6, 6.07) is 9.41. The molecule has 0 saturated heterocycles. The second kappa shape index (κ2) is 5.49. The molecule has 3 nitrogen and oxygen atoms in total. The highest BCUT2D eigenvalue weighted by molar-refractivity contribution is 6.05. The summed E-state index contributed by atoms with van der Waals surface area (Å²) in [5.41, 5.74) is 0.521. The van der Waals surface area contributed by atoms with E-state index in [9.17, 15) is 13.6 Å². The average Bonchev–Trinajstić information content (AvgIpc) is 2.41. The van der Waals surface area contributed by atoms with Crippen LogP contribution in [0, 0.1) is 29.9 Å². The lowest BCUT2D eigenvalue weighted by Gasteiger charge is -2.09. The van der Waals surface area contributed by atoms with Crippen LogP contribution in [0.25, 0.3) is 0 Å². The van der Waals surface area contributed by atoms with Gasteiger partial charge in [-0.2, -0.15) is 5.26 Å². The Hall–Kier alpha value is -2.74. The standard InChI is InChI=1S/C15H10F2N2O/c1-9-5-6-10(16)7-11(9)15(20)19-14-4-2-3-13(17)12(14)8-18/h2-7H,1H3,(H,19,20). The van der Waals surface area contributed by atoms with Crippen LogP contribution in [0.1, 0.15) is 21.5 Å². The van der Waals surface area contributed by atoms with Crippen molar-refractivity contribution < 1.29 is 13.6 Å². The first kappa shape index (κ1) is 13.7. The van der Waals surface area contributed by atoms with Crippen molar-refractivity contribution in [2.75, 3.05) is 5.32 Å². The third kappa shape index (κ3) is 2.64. The molecule has 2 rings (SSSR count). The molecule has 0 radical (unpaired) electrons. The van der Waals surface area contributed by atoms with E-state index in [1.807, 2.05) is 0 Å². The average molecular weight is 272 g/mol. The summed E-state index contributed by atoms with van der Waals surface area (Å²) < 4.78 is 26.6. The van der Waals surface area contributed by atoms with Crippen LogP contribution < -0.4 is 5.32 Å². The minimum absolute atomic E-state index is 0.0566. The van der Waals surface area contributed by atoms with Crippen molar-refractivity contribution >= 4 is 11.6 Å². The molecule has 1 N–H and O–H groups in total. The van der Waals surface area contributed by atoms with Crippen molar-refractivity contribution in [2.24, 2.45) is 0 Å². The van der Waals surface area contributed by atoms with Gasteiger partial charge in [-0.05, 0) is 36.8 Å². The van der Waals surface area contributed by atoms with Gasteiger partial charge in [0.25, 0.3) is 5.91 Å². The van der Waals surface area contributed by atoms with Gasteiger partial charge in [-0.3, -0.25) is 4.79 Å². The van der Waals surface area contributed by atoms with Gasteiger partial charge in [0.05, 0.1) is 5.69 Å². The molecule has 0 spiro atoms. The SMILES string of the molecule is Cc1ccc(F)cc1C(=O)Nc1cccc(F)c1C#N. The number of halogens is 2. The number of anilines is 1. The lowest BCUT2D eigenvalue weighted by atomic mass is 10.1. The zero-order valence-corrected chi connectivity index (χ0v) is 10.6. The summed E-state index contributed by atoms with van der Waals surface area (Å²) in [5, 5.41) is 11.3. The summed E-state index contributed by atoms with van der Waals surface area (Å²) in [7, 11) is 0. The van der Waals surface area contributed by atoms with Crippen molar-refractivity contribution in [2.45, 2.75) is 6.92 Å². The first-order chi connectivity index (χ1) is 9.52. The number of benzene rings is 2. The maximum absolute atomic E-state index is 13.4. The number of rotatable bonds is 2. The van der Waals surface area contributed by atoms with Crippen LogP contribution in [0.15, 0.2) is 36.4 Å². The second-order valence-corrected chi connectivity index (χ2v) is 4.19. The van der Waals surface area contributed by atoms with Gasteiger partial charge in [-0.1, -0.05) is 12.1 Å². The molecule has 1 amide bonds. The van der Waals surface area contributed by atoms with Gasteiger partial charge in [-0.15, -0.1) is 0 Å². The van der Waals surface area contributed by atoms with E-state index in [-0.39, 0.29) is 16.8 Å². The molecule has 100 valence electrons. The van der Waals surface area contributed by atoms with E-state index in [1.54, 1.807) is 13.0 Å². The van der Waals surface area contributed by atoms with Crippen molar-refractivity contribution in [3.05, 3.63) is 64.7 Å². The normalized spacial score (nSPS) is 9.90. The Morgan fingerprint density at radius 2 is 2.00 bits per heavy atom. The topological polar surface area (TPSA) is 52.9 Å². The fraction of sp³-hybridized carbons (Fsp3) is 0.0667. The molecule has 0 saturated carbocycles. The number of carbonyl (C=O) groups is 1. The third-order valence-corrected chi connectivity index (χ3v) is 2.82. The van der Waals surface area contributed by atoms with Gasteiger partial charge >= 0.3 is 0 Å². The number of carbonyl (C=O) groups excluding carboxylic acids is 1. The number of aryl methyl sites for hydroxylation is 1. The zero-order valence-electron chi connectivity index (χ0n) is 10.6. The summed E-state index contributed by atoms with van der Waals surface area (Å²) in [5.74, 6) is -1.86. The lowest BCUT2D eigenvalue weighted by Crippen LogP contribution is -2.15. The summed E-state index contributed by atoms with van der Waals surface area (Å²) in [4.78, 5) is 12.1. The molecule has 0 unspecified atom stereocenters. The van der Waals surface area contributed by atoms with E-state index in [0.717, 1.165) is 12.1 Å². The molecule has 0 aliphatic heterocycles. The highest BCUT2D eigenvalue weighted by Crippen LogP contribution is 2.19. The highest BCUT2D eigenvalue weighted by atomic mass is 19.1. The van der Waals surface area contributed by atoms with Gasteiger partial charge < -0.3 is 5.32 Å². The predicted molar refractivity (Wildman–Crippen MR) is 70.2 cm³/mol. The molecular formula is C15H10F2N2O. The first-order valence-corrected chi connectivity index (χ1v) is 5.79. The zero-order chi connectivity index (χ0) is 14.7. The highest BCUT2D eigenvalue weighted by Gasteiger charge is 2.14. The van der Waals surface area contributed by atoms with Crippen LogP contribution in [0.5, 0.6) is 0 Å². The van der Waals surface area contributed by atoms with E-state index < -0.39 is 17.5 Å². The Bertz CT molecular complexity index is 720. The van der Waals surface area contributed by atoms with Crippen molar-refractivity contribution in [1.29, 1.82) is 5.26 Å². The summed E-state index contributed by atoms with van der Waals surface area (Å²) >= 11 is 0. The minimum atomic E-state index is -0.721. The largest absolute Gasteiger partial charge is 0.321 e. The van der Waals surface area contributed by atoms with E-state index in [1.165, 1.54) is 24.3 Å². The second-order valence-electron chi connectivity index (χ2n) is 4.19. The van der Waals surface area contributed by atoms with Gasteiger partial charge in [0.15, 0.2) is 0 Å². The van der Waals surface area contributed by atoms with E-state index in [2.05, 4.69) is 5.32 Å². The fourth-order valence-corrected chi connectivity index (χ4v) is 1.77. The molecule has 0 bridgehead atoms. The molecule has 2 aromatic rings. The van der Waals surface area contributed by atoms with Crippen molar-refractivity contribution in [3.8, 4) is 6.07 Å². The molecule has 0 fully saturated rings. The number of hydrogen-bond donors (Lipinski definition) is 1. The van der Waals surface area contributed by atoms with Crippen LogP contribution in [-0.4, -0.2) is 5.91 Å². The van der Waals surface area contributed by atoms with Crippen LogP contribution >= 0.6 is 0 Å². The van der Waals surface area contributed by atoms with Crippen LogP contribution in [-0.2, 0) is 0 Å². The quantitative estimate of drug-likeness (QED) is 0.911. The number of hydrogen-bond acceptors (Lipinski definition) is 2. The molecule has 5 heteroatoms. The Kier molecular flexibility index (Phi) is 3.76. The Labute approximate surface area is 114 Å². The summed E-state index contributed by atoms with van der Waals surface area (Å²) in [6.45, 7) is 1.66. The number of nitrogens with one attached hydrogen (secondary N) is 1. The number of amides is 1. The third-order valence-electron chi connectivity index (χ3n) is 2.82. The van der Waals surface area contributed by atoms with Gasteiger partial charge in [0, 0.05) is 5.56 Å². The Balaban J connectivity index is 2.36. The number of nitrogens with zero attached hydrogens (tertiary/aromatic N) is 1. The predicted octanol–water partition coefficient (Wildman–Crippen LogP) is 3.40. The smallest absolute Gasteiger partial charge is 0.256 e. The van der Waals surface area contributed by atoms with E-state index >= 15 is 0 Å². The van der Waals surface area contributed by atoms with Gasteiger partial charge in [0.1, 0.15) is 23.3 Å². The van der Waals surface area contributed by atoms with E-state index in [4.69, 9.17) is 5.26 Å². The van der Waals surface area contributed by atoms with Gasteiger partial charge in [0.2, 0.25) is 0 Å². The fourth-order valence-electron chi connectivity index (χ4n) is 1.77. The molecule has 20 heavy (non-hydrogen) atoms. The van der Waals surface area contributed by atoms with E-state index in [0.29, 0.717) is 5.56 Å². The molecule has 0 aliphatic rings.